The molecule has 1 saturated heterocycles. The van der Waals surface area contributed by atoms with Crippen LogP contribution in [-0.4, -0.2) is 43.0 Å². The number of hydrogen-bond acceptors (Lipinski definition) is 4. The summed E-state index contributed by atoms with van der Waals surface area (Å²) >= 11 is 0. The number of aryl methyl sites for hydroxylation is 1. The molecule has 0 saturated carbocycles. The van der Waals surface area contributed by atoms with E-state index in [0.29, 0.717) is 32.8 Å². The highest BCUT2D eigenvalue weighted by atomic mass is 16.6. The van der Waals surface area contributed by atoms with Crippen LogP contribution in [0.4, 0.5) is 0 Å². The van der Waals surface area contributed by atoms with E-state index in [9.17, 15) is 9.59 Å². The van der Waals surface area contributed by atoms with Crippen LogP contribution < -0.4 is 14.8 Å². The lowest BCUT2D eigenvalue weighted by Crippen LogP contribution is -2.42. The topological polar surface area (TPSA) is 67.9 Å². The molecule has 3 rings (SSSR count). The molecule has 0 aliphatic carbocycles. The number of likely N-dealkylation sites (tertiary alicyclic amines) is 1. The minimum absolute atomic E-state index is 0.0156. The molecule has 2 aliphatic rings. The fraction of sp³-hybridized carbons (Fsp3) is 0.556. The van der Waals surface area contributed by atoms with Crippen LogP contribution in [0, 0.1) is 12.8 Å². The Kier molecular flexibility index (Phi) is 4.92. The van der Waals surface area contributed by atoms with Gasteiger partial charge in [0.1, 0.15) is 13.2 Å². The second kappa shape index (κ2) is 7.11. The molecule has 0 bridgehead atoms. The molecule has 24 heavy (non-hydrogen) atoms. The van der Waals surface area contributed by atoms with Crippen LogP contribution >= 0.6 is 0 Å². The minimum Gasteiger partial charge on any atom is -0.486 e. The monoisotopic (exact) mass is 332 g/mol. The first kappa shape index (κ1) is 16.6. The van der Waals surface area contributed by atoms with Crippen molar-refractivity contribution in [2.75, 3.05) is 26.3 Å². The van der Waals surface area contributed by atoms with Crippen molar-refractivity contribution in [1.29, 1.82) is 0 Å². The molecule has 2 aliphatic heterocycles. The number of carbonyl (C=O) groups is 2. The largest absolute Gasteiger partial charge is 0.486 e. The van der Waals surface area contributed by atoms with Crippen molar-refractivity contribution in [2.45, 2.75) is 33.2 Å². The number of hydrogen-bond donors (Lipinski definition) is 1. The van der Waals surface area contributed by atoms with E-state index in [1.54, 1.807) is 11.8 Å². The fourth-order valence-corrected chi connectivity index (χ4v) is 3.21. The summed E-state index contributed by atoms with van der Waals surface area (Å²) < 4.78 is 11.2. The Morgan fingerprint density at radius 1 is 1.17 bits per heavy atom. The molecule has 0 atom stereocenters. The highest BCUT2D eigenvalue weighted by molar-refractivity contribution is 5.79. The third-order valence-corrected chi connectivity index (χ3v) is 4.76. The number of rotatable bonds is 3. The van der Waals surface area contributed by atoms with Crippen LogP contribution in [0.3, 0.4) is 0 Å². The van der Waals surface area contributed by atoms with Crippen molar-refractivity contribution < 1.29 is 19.1 Å². The quantitative estimate of drug-likeness (QED) is 0.914. The highest BCUT2D eigenvalue weighted by Crippen LogP contribution is 2.33. The van der Waals surface area contributed by atoms with Gasteiger partial charge in [-0.1, -0.05) is 0 Å². The van der Waals surface area contributed by atoms with Crippen molar-refractivity contribution in [3.63, 3.8) is 0 Å². The Labute approximate surface area is 142 Å². The van der Waals surface area contributed by atoms with Crippen LogP contribution in [0.5, 0.6) is 11.5 Å². The van der Waals surface area contributed by atoms with Crippen LogP contribution in [0.15, 0.2) is 12.1 Å². The summed E-state index contributed by atoms with van der Waals surface area (Å²) in [7, 11) is 0. The van der Waals surface area contributed by atoms with Crippen molar-refractivity contribution in [2.24, 2.45) is 5.92 Å². The Morgan fingerprint density at radius 3 is 2.42 bits per heavy atom. The number of piperidine rings is 1. The summed E-state index contributed by atoms with van der Waals surface area (Å²) in [4.78, 5) is 25.5. The number of amides is 2. The van der Waals surface area contributed by atoms with Gasteiger partial charge in [0.2, 0.25) is 11.8 Å². The van der Waals surface area contributed by atoms with Gasteiger partial charge in [0.15, 0.2) is 11.5 Å². The van der Waals surface area contributed by atoms with E-state index in [1.165, 1.54) is 0 Å². The Bertz CT molecular complexity index is 636. The molecule has 0 spiro atoms. The van der Waals surface area contributed by atoms with Crippen molar-refractivity contribution in [3.05, 3.63) is 23.3 Å². The third-order valence-electron chi connectivity index (χ3n) is 4.76. The fourth-order valence-electron chi connectivity index (χ4n) is 3.21. The smallest absolute Gasteiger partial charge is 0.223 e. The molecule has 0 unspecified atom stereocenters. The highest BCUT2D eigenvalue weighted by Gasteiger charge is 2.26. The van der Waals surface area contributed by atoms with Crippen molar-refractivity contribution >= 4 is 11.8 Å². The maximum Gasteiger partial charge on any atom is 0.223 e. The number of nitrogens with one attached hydrogen (secondary N) is 1. The van der Waals surface area contributed by atoms with Crippen molar-refractivity contribution in [1.82, 2.24) is 10.2 Å². The molecule has 2 heterocycles. The summed E-state index contributed by atoms with van der Waals surface area (Å²) in [6, 6.07) is 3.91. The molecule has 0 radical (unpaired) electrons. The van der Waals surface area contributed by atoms with Crippen LogP contribution in [-0.2, 0) is 16.1 Å². The lowest BCUT2D eigenvalue weighted by atomic mass is 9.95. The second-order valence-corrected chi connectivity index (χ2v) is 6.42. The summed E-state index contributed by atoms with van der Waals surface area (Å²) in [6.07, 6.45) is 1.46. The first-order valence-electron chi connectivity index (χ1n) is 8.47. The average Bonchev–Trinajstić information content (AvgIpc) is 2.59. The number of carbonyl (C=O) groups excluding carboxylic acids is 2. The summed E-state index contributed by atoms with van der Waals surface area (Å²) in [5.74, 6) is 1.64. The van der Waals surface area contributed by atoms with Gasteiger partial charge >= 0.3 is 0 Å². The maximum atomic E-state index is 12.4. The molecule has 6 heteroatoms. The maximum absolute atomic E-state index is 12.4. The van der Waals surface area contributed by atoms with E-state index >= 15 is 0 Å². The first-order chi connectivity index (χ1) is 11.5. The number of benzene rings is 1. The van der Waals surface area contributed by atoms with Gasteiger partial charge in [0, 0.05) is 32.5 Å². The van der Waals surface area contributed by atoms with E-state index in [2.05, 4.69) is 5.32 Å². The van der Waals surface area contributed by atoms with Gasteiger partial charge in [0.25, 0.3) is 0 Å². The average molecular weight is 332 g/mol. The summed E-state index contributed by atoms with van der Waals surface area (Å²) in [5.41, 5.74) is 2.11. The standard InChI is InChI=1S/C18H24N2O4/c1-12-9-16-17(24-8-7-23-16)10-15(12)11-19-18(22)14-3-5-20(6-4-14)13(2)21/h9-10,14H,3-8,11H2,1-2H3,(H,19,22). The van der Waals surface area contributed by atoms with Gasteiger partial charge in [0.05, 0.1) is 0 Å². The molecule has 1 aromatic carbocycles. The zero-order valence-electron chi connectivity index (χ0n) is 14.3. The molecular weight excluding hydrogens is 308 g/mol. The van der Waals surface area contributed by atoms with Gasteiger partial charge in [-0.15, -0.1) is 0 Å². The third kappa shape index (κ3) is 3.63. The first-order valence-corrected chi connectivity index (χ1v) is 8.47. The zero-order chi connectivity index (χ0) is 17.1. The molecule has 0 aromatic heterocycles. The van der Waals surface area contributed by atoms with E-state index in [0.717, 1.165) is 35.5 Å². The normalized spacial score (nSPS) is 17.5. The predicted molar refractivity (Wildman–Crippen MR) is 89.0 cm³/mol. The summed E-state index contributed by atoms with van der Waals surface area (Å²) in [5, 5.41) is 3.02. The Hall–Kier alpha value is -2.24. The predicted octanol–water partition coefficient (Wildman–Crippen LogP) is 1.64. The van der Waals surface area contributed by atoms with E-state index in [-0.39, 0.29) is 17.7 Å². The molecular formula is C18H24N2O4. The zero-order valence-corrected chi connectivity index (χ0v) is 14.3. The van der Waals surface area contributed by atoms with Gasteiger partial charge in [-0.3, -0.25) is 9.59 Å². The van der Waals surface area contributed by atoms with E-state index in [1.807, 2.05) is 19.1 Å². The van der Waals surface area contributed by atoms with Crippen LogP contribution in [0.25, 0.3) is 0 Å². The second-order valence-electron chi connectivity index (χ2n) is 6.42. The summed E-state index contributed by atoms with van der Waals surface area (Å²) in [6.45, 7) is 6.51. The molecule has 130 valence electrons. The number of nitrogens with zero attached hydrogens (tertiary/aromatic N) is 1. The Balaban J connectivity index is 1.56. The molecule has 1 fully saturated rings. The molecule has 6 nitrogen and oxygen atoms in total. The number of ether oxygens (including phenoxy) is 2. The lowest BCUT2D eigenvalue weighted by molar-refractivity contribution is -0.134. The van der Waals surface area contributed by atoms with Gasteiger partial charge < -0.3 is 19.7 Å². The lowest BCUT2D eigenvalue weighted by Gasteiger charge is -2.30. The van der Waals surface area contributed by atoms with E-state index < -0.39 is 0 Å². The van der Waals surface area contributed by atoms with Gasteiger partial charge in [-0.25, -0.2) is 0 Å². The molecule has 2 amide bonds. The van der Waals surface area contributed by atoms with Crippen molar-refractivity contribution in [3.8, 4) is 11.5 Å². The Morgan fingerprint density at radius 2 is 1.79 bits per heavy atom. The number of fused-ring (bicyclic) bond motifs is 1. The van der Waals surface area contributed by atoms with Gasteiger partial charge in [-0.05, 0) is 43.0 Å². The van der Waals surface area contributed by atoms with E-state index in [4.69, 9.17) is 9.47 Å². The van der Waals surface area contributed by atoms with Crippen LogP contribution in [0.1, 0.15) is 30.9 Å². The van der Waals surface area contributed by atoms with Crippen LogP contribution in [0.2, 0.25) is 0 Å². The minimum atomic E-state index is -0.0156. The molecule has 1 N–H and O–H groups in total. The SMILES string of the molecule is CC(=O)N1CCC(C(=O)NCc2cc3c(cc2C)OCCO3)CC1. The molecule has 1 aromatic rings. The van der Waals surface area contributed by atoms with Gasteiger partial charge in [-0.2, -0.15) is 0 Å².